The van der Waals surface area contributed by atoms with Gasteiger partial charge in [0.15, 0.2) is 0 Å². The Morgan fingerprint density at radius 1 is 0.971 bits per heavy atom. The predicted octanol–water partition coefficient (Wildman–Crippen LogP) is 3.44. The standard InChI is InChI=1S/C28H29FN4O/c29-25-6-2-1-5-23(25)10-7-21-8-11-24(12-9-21)28-26-18-32(17-22-15-30-20-31-16-22)13-3-4-14-33(26)27(28)19-34/h1-2,5-6,8-9,11-12,15-16,20,26-28,34H,3-4,13-14,17-19H2/t26-,27-,28-/m1/s1. The highest BCUT2D eigenvalue weighted by molar-refractivity contribution is 5.44. The Kier molecular flexibility index (Phi) is 6.96. The van der Waals surface area contributed by atoms with E-state index in [1.807, 2.05) is 24.5 Å². The van der Waals surface area contributed by atoms with Gasteiger partial charge in [-0.1, -0.05) is 36.1 Å². The van der Waals surface area contributed by atoms with E-state index >= 15 is 0 Å². The minimum atomic E-state index is -0.303. The molecule has 2 aliphatic heterocycles. The summed E-state index contributed by atoms with van der Waals surface area (Å²) < 4.78 is 13.8. The molecule has 6 heteroatoms. The van der Waals surface area contributed by atoms with Crippen molar-refractivity contribution in [2.75, 3.05) is 26.2 Å². The molecule has 174 valence electrons. The molecule has 0 aliphatic carbocycles. The molecule has 2 saturated heterocycles. The summed E-state index contributed by atoms with van der Waals surface area (Å²) in [7, 11) is 0. The van der Waals surface area contributed by atoms with E-state index < -0.39 is 0 Å². The van der Waals surface area contributed by atoms with Gasteiger partial charge in [-0.15, -0.1) is 0 Å². The summed E-state index contributed by atoms with van der Waals surface area (Å²) in [6, 6.07) is 15.3. The number of benzene rings is 2. The van der Waals surface area contributed by atoms with E-state index in [4.69, 9.17) is 0 Å². The van der Waals surface area contributed by atoms with Gasteiger partial charge in [0.2, 0.25) is 0 Å². The van der Waals surface area contributed by atoms with Crippen molar-refractivity contribution in [1.29, 1.82) is 0 Å². The van der Waals surface area contributed by atoms with Crippen LogP contribution >= 0.6 is 0 Å². The quantitative estimate of drug-likeness (QED) is 0.610. The second-order valence-corrected chi connectivity index (χ2v) is 9.12. The average molecular weight is 457 g/mol. The Morgan fingerprint density at radius 2 is 1.74 bits per heavy atom. The molecule has 2 fully saturated rings. The molecular formula is C28H29FN4O. The van der Waals surface area contributed by atoms with Gasteiger partial charge in [0.1, 0.15) is 12.1 Å². The summed E-state index contributed by atoms with van der Waals surface area (Å²) in [5.41, 5.74) is 3.61. The maximum Gasteiger partial charge on any atom is 0.138 e. The van der Waals surface area contributed by atoms with Gasteiger partial charge in [0, 0.05) is 54.6 Å². The highest BCUT2D eigenvalue weighted by Crippen LogP contribution is 2.42. The van der Waals surface area contributed by atoms with Crippen molar-refractivity contribution in [3.8, 4) is 11.8 Å². The lowest BCUT2D eigenvalue weighted by Gasteiger charge is -2.57. The number of aliphatic hydroxyl groups excluding tert-OH is 1. The van der Waals surface area contributed by atoms with Gasteiger partial charge >= 0.3 is 0 Å². The molecule has 2 aromatic carbocycles. The molecule has 1 aromatic heterocycles. The van der Waals surface area contributed by atoms with E-state index in [0.717, 1.165) is 50.1 Å². The zero-order valence-corrected chi connectivity index (χ0v) is 19.1. The third-order valence-electron chi connectivity index (χ3n) is 6.99. The molecule has 34 heavy (non-hydrogen) atoms. The van der Waals surface area contributed by atoms with Crippen molar-refractivity contribution in [2.24, 2.45) is 0 Å². The molecule has 5 nitrogen and oxygen atoms in total. The van der Waals surface area contributed by atoms with Crippen molar-refractivity contribution in [3.63, 3.8) is 0 Å². The summed E-state index contributed by atoms with van der Waals surface area (Å²) in [6.07, 6.45) is 7.62. The van der Waals surface area contributed by atoms with E-state index in [9.17, 15) is 9.50 Å². The van der Waals surface area contributed by atoms with Crippen LogP contribution in [-0.2, 0) is 6.54 Å². The molecule has 0 bridgehead atoms. The third kappa shape index (κ3) is 4.88. The number of nitrogens with zero attached hydrogens (tertiary/aromatic N) is 4. The second-order valence-electron chi connectivity index (χ2n) is 9.12. The highest BCUT2D eigenvalue weighted by Gasteiger charge is 2.48. The van der Waals surface area contributed by atoms with Crippen LogP contribution in [0, 0.1) is 17.7 Å². The van der Waals surface area contributed by atoms with Crippen LogP contribution in [0.25, 0.3) is 0 Å². The van der Waals surface area contributed by atoms with Gasteiger partial charge in [0.05, 0.1) is 12.2 Å². The van der Waals surface area contributed by atoms with E-state index in [2.05, 4.69) is 43.7 Å². The zero-order valence-electron chi connectivity index (χ0n) is 19.1. The van der Waals surface area contributed by atoms with Gasteiger partial charge in [0.25, 0.3) is 0 Å². The first-order chi connectivity index (χ1) is 16.7. The molecule has 0 spiro atoms. The number of fused-ring (bicyclic) bond motifs is 1. The second kappa shape index (κ2) is 10.4. The van der Waals surface area contributed by atoms with E-state index in [-0.39, 0.29) is 24.4 Å². The van der Waals surface area contributed by atoms with Crippen molar-refractivity contribution in [2.45, 2.75) is 37.4 Å². The van der Waals surface area contributed by atoms with Crippen molar-refractivity contribution in [3.05, 3.63) is 95.3 Å². The summed E-state index contributed by atoms with van der Waals surface area (Å²) in [4.78, 5) is 13.3. The molecule has 0 unspecified atom stereocenters. The molecular weight excluding hydrogens is 427 g/mol. The molecule has 3 aromatic rings. The fourth-order valence-electron chi connectivity index (χ4n) is 5.32. The molecule has 0 saturated carbocycles. The fraction of sp³-hybridized carbons (Fsp3) is 0.357. The Labute approximate surface area is 200 Å². The molecule has 0 amide bonds. The summed E-state index contributed by atoms with van der Waals surface area (Å²) in [5.74, 6) is 5.96. The van der Waals surface area contributed by atoms with E-state index in [1.54, 1.807) is 24.5 Å². The molecule has 5 rings (SSSR count). The Morgan fingerprint density at radius 3 is 2.50 bits per heavy atom. The van der Waals surface area contributed by atoms with Gasteiger partial charge in [-0.2, -0.15) is 0 Å². The van der Waals surface area contributed by atoms with Gasteiger partial charge in [-0.25, -0.2) is 14.4 Å². The monoisotopic (exact) mass is 456 g/mol. The lowest BCUT2D eigenvalue weighted by Crippen LogP contribution is -2.67. The molecule has 0 radical (unpaired) electrons. The maximum atomic E-state index is 13.8. The lowest BCUT2D eigenvalue weighted by molar-refractivity contribution is -0.0655. The highest BCUT2D eigenvalue weighted by atomic mass is 19.1. The summed E-state index contributed by atoms with van der Waals surface area (Å²) >= 11 is 0. The van der Waals surface area contributed by atoms with Crippen LogP contribution in [0.5, 0.6) is 0 Å². The van der Waals surface area contributed by atoms with Crippen LogP contribution in [0.1, 0.15) is 41.0 Å². The van der Waals surface area contributed by atoms with Crippen LogP contribution < -0.4 is 0 Å². The number of aliphatic hydroxyl groups is 1. The van der Waals surface area contributed by atoms with Gasteiger partial charge < -0.3 is 5.11 Å². The van der Waals surface area contributed by atoms with Gasteiger partial charge in [-0.05, 0) is 55.8 Å². The van der Waals surface area contributed by atoms with Gasteiger partial charge in [-0.3, -0.25) is 9.80 Å². The minimum absolute atomic E-state index is 0.139. The van der Waals surface area contributed by atoms with Crippen molar-refractivity contribution >= 4 is 0 Å². The van der Waals surface area contributed by atoms with E-state index in [0.29, 0.717) is 11.6 Å². The average Bonchev–Trinajstić information content (AvgIpc) is 2.85. The van der Waals surface area contributed by atoms with Crippen LogP contribution in [0.2, 0.25) is 0 Å². The zero-order chi connectivity index (χ0) is 23.3. The largest absolute Gasteiger partial charge is 0.395 e. The number of aromatic nitrogens is 2. The fourth-order valence-corrected chi connectivity index (χ4v) is 5.32. The van der Waals surface area contributed by atoms with Crippen LogP contribution in [-0.4, -0.2) is 63.2 Å². The van der Waals surface area contributed by atoms with E-state index in [1.165, 1.54) is 11.6 Å². The number of hydrogen-bond donors (Lipinski definition) is 1. The molecule has 2 aliphatic rings. The van der Waals surface area contributed by atoms with Crippen LogP contribution in [0.15, 0.2) is 67.3 Å². The lowest BCUT2D eigenvalue weighted by atomic mass is 9.74. The smallest absolute Gasteiger partial charge is 0.138 e. The molecule has 3 atom stereocenters. The molecule has 3 heterocycles. The van der Waals surface area contributed by atoms with Crippen LogP contribution in [0.3, 0.4) is 0 Å². The topological polar surface area (TPSA) is 52.5 Å². The number of rotatable bonds is 4. The summed E-state index contributed by atoms with van der Waals surface area (Å²) in [5, 5.41) is 10.2. The Bertz CT molecular complexity index is 1160. The third-order valence-corrected chi connectivity index (χ3v) is 6.99. The molecule has 1 N–H and O–H groups in total. The minimum Gasteiger partial charge on any atom is -0.395 e. The summed E-state index contributed by atoms with van der Waals surface area (Å²) in [6.45, 7) is 4.03. The maximum absolute atomic E-state index is 13.8. The Hall–Kier alpha value is -3.11. The first-order valence-electron chi connectivity index (χ1n) is 11.9. The SMILES string of the molecule is OC[C@@H]1[C@H](c2ccc(C#Cc3ccccc3F)cc2)[C@H]2CN(Cc3cncnc3)CCCCN12. The van der Waals surface area contributed by atoms with Crippen LogP contribution in [0.4, 0.5) is 4.39 Å². The first kappa shape index (κ1) is 22.7. The number of hydrogen-bond acceptors (Lipinski definition) is 5. The predicted molar refractivity (Wildman–Crippen MR) is 129 cm³/mol. The normalized spacial score (nSPS) is 23.1. The van der Waals surface area contributed by atoms with Crippen molar-refractivity contribution < 1.29 is 9.50 Å². The number of halogens is 1. The Balaban J connectivity index is 1.33. The first-order valence-corrected chi connectivity index (χ1v) is 11.9. The van der Waals surface area contributed by atoms with Crippen molar-refractivity contribution in [1.82, 2.24) is 19.8 Å².